The molecule has 0 radical (unpaired) electrons. The van der Waals surface area contributed by atoms with E-state index in [1.54, 1.807) is 0 Å². The molecule has 1 aromatic heterocycles. The topological polar surface area (TPSA) is 41.3 Å². The largest absolute Gasteiger partial charge is 0.396 e. The highest BCUT2D eigenvalue weighted by molar-refractivity contribution is 4.77. The summed E-state index contributed by atoms with van der Waals surface area (Å²) < 4.78 is 2.01. The van der Waals surface area contributed by atoms with Crippen molar-refractivity contribution in [2.75, 3.05) is 26.2 Å². The maximum Gasteiger partial charge on any atom is 0.0489 e. The van der Waals surface area contributed by atoms with Crippen LogP contribution < -0.4 is 0 Å². The Morgan fingerprint density at radius 2 is 1.89 bits per heavy atom. The van der Waals surface area contributed by atoms with E-state index in [-0.39, 0.29) is 0 Å². The number of hydrogen-bond donors (Lipinski definition) is 1. The number of nitrogens with zero attached hydrogens (tertiary/aromatic N) is 3. The van der Waals surface area contributed by atoms with Gasteiger partial charge in [-0.15, -0.1) is 0 Å². The maximum atomic E-state index is 9.09. The van der Waals surface area contributed by atoms with Gasteiger partial charge in [0, 0.05) is 25.5 Å². The SMILES string of the molecule is OCC1CCN(CCCCCn2cccn2)CC1. The zero-order valence-corrected chi connectivity index (χ0v) is 11.2. The molecular weight excluding hydrogens is 226 g/mol. The Hall–Kier alpha value is -0.870. The van der Waals surface area contributed by atoms with Gasteiger partial charge in [-0.3, -0.25) is 4.68 Å². The van der Waals surface area contributed by atoms with Crippen molar-refractivity contribution in [3.05, 3.63) is 18.5 Å². The highest BCUT2D eigenvalue weighted by Gasteiger charge is 2.17. The standard InChI is InChI=1S/C14H25N3O/c18-13-14-5-11-16(12-6-14)8-2-1-3-9-17-10-4-7-15-17/h4,7,10,14,18H,1-3,5-6,8-9,11-13H2. The number of aliphatic hydroxyl groups is 1. The molecule has 4 nitrogen and oxygen atoms in total. The quantitative estimate of drug-likeness (QED) is 0.751. The fraction of sp³-hybridized carbons (Fsp3) is 0.786. The minimum Gasteiger partial charge on any atom is -0.396 e. The van der Waals surface area contributed by atoms with E-state index in [2.05, 4.69) is 10.00 Å². The molecule has 1 aromatic rings. The summed E-state index contributed by atoms with van der Waals surface area (Å²) in [7, 11) is 0. The smallest absolute Gasteiger partial charge is 0.0489 e. The number of aromatic nitrogens is 2. The predicted octanol–water partition coefficient (Wildman–Crippen LogP) is 1.76. The first-order chi connectivity index (χ1) is 8.88. The molecule has 0 aliphatic carbocycles. The van der Waals surface area contributed by atoms with E-state index in [4.69, 9.17) is 5.11 Å². The summed E-state index contributed by atoms with van der Waals surface area (Å²) in [6.45, 7) is 4.98. The summed E-state index contributed by atoms with van der Waals surface area (Å²) in [6, 6.07) is 1.98. The lowest BCUT2D eigenvalue weighted by Crippen LogP contribution is -2.35. The van der Waals surface area contributed by atoms with Gasteiger partial charge >= 0.3 is 0 Å². The van der Waals surface area contributed by atoms with Crippen LogP contribution in [0, 0.1) is 5.92 Å². The normalized spacial score (nSPS) is 18.3. The third-order valence-corrected chi connectivity index (χ3v) is 3.89. The van der Waals surface area contributed by atoms with Crippen LogP contribution in [0.3, 0.4) is 0 Å². The molecule has 0 amide bonds. The van der Waals surface area contributed by atoms with Crippen molar-refractivity contribution >= 4 is 0 Å². The number of piperidine rings is 1. The van der Waals surface area contributed by atoms with Crippen LogP contribution in [0.1, 0.15) is 32.1 Å². The van der Waals surface area contributed by atoms with Crippen LogP contribution in [-0.2, 0) is 6.54 Å². The molecule has 1 N–H and O–H groups in total. The van der Waals surface area contributed by atoms with Gasteiger partial charge in [0.05, 0.1) is 0 Å². The lowest BCUT2D eigenvalue weighted by molar-refractivity contribution is 0.130. The molecule has 1 saturated heterocycles. The Morgan fingerprint density at radius 3 is 2.56 bits per heavy atom. The third-order valence-electron chi connectivity index (χ3n) is 3.89. The van der Waals surface area contributed by atoms with E-state index in [0.717, 1.165) is 6.54 Å². The second kappa shape index (κ2) is 7.54. The maximum absolute atomic E-state index is 9.09. The van der Waals surface area contributed by atoms with Gasteiger partial charge in [-0.25, -0.2) is 0 Å². The van der Waals surface area contributed by atoms with E-state index in [1.807, 2.05) is 23.1 Å². The van der Waals surface area contributed by atoms with Crippen LogP contribution in [0.25, 0.3) is 0 Å². The Bertz CT molecular complexity index is 305. The molecule has 2 rings (SSSR count). The molecule has 1 fully saturated rings. The van der Waals surface area contributed by atoms with Gasteiger partial charge in [-0.1, -0.05) is 6.42 Å². The Morgan fingerprint density at radius 1 is 1.11 bits per heavy atom. The minimum absolute atomic E-state index is 0.373. The van der Waals surface area contributed by atoms with E-state index < -0.39 is 0 Å². The molecule has 4 heteroatoms. The Kier molecular flexibility index (Phi) is 5.68. The van der Waals surface area contributed by atoms with E-state index in [1.165, 1.54) is 51.7 Å². The molecule has 1 aliphatic rings. The lowest BCUT2D eigenvalue weighted by atomic mass is 9.98. The van der Waals surface area contributed by atoms with Gasteiger partial charge in [0.25, 0.3) is 0 Å². The summed E-state index contributed by atoms with van der Waals surface area (Å²) in [5, 5.41) is 13.3. The molecule has 2 heterocycles. The fourth-order valence-corrected chi connectivity index (χ4v) is 2.61. The predicted molar refractivity (Wildman–Crippen MR) is 72.3 cm³/mol. The van der Waals surface area contributed by atoms with Gasteiger partial charge in [-0.05, 0) is 57.3 Å². The summed E-state index contributed by atoms with van der Waals surface area (Å²) >= 11 is 0. The second-order valence-corrected chi connectivity index (χ2v) is 5.30. The van der Waals surface area contributed by atoms with Crippen molar-refractivity contribution in [1.29, 1.82) is 0 Å². The average Bonchev–Trinajstić information content (AvgIpc) is 2.92. The van der Waals surface area contributed by atoms with Crippen LogP contribution in [0.5, 0.6) is 0 Å². The van der Waals surface area contributed by atoms with Crippen molar-refractivity contribution < 1.29 is 5.11 Å². The minimum atomic E-state index is 0.373. The van der Waals surface area contributed by atoms with Gasteiger partial charge < -0.3 is 10.0 Å². The molecule has 0 aromatic carbocycles. The number of rotatable bonds is 7. The Balaban J connectivity index is 1.48. The zero-order chi connectivity index (χ0) is 12.6. The molecule has 0 saturated carbocycles. The molecule has 1 aliphatic heterocycles. The Labute approximate surface area is 110 Å². The van der Waals surface area contributed by atoms with Gasteiger partial charge in [-0.2, -0.15) is 5.10 Å². The second-order valence-electron chi connectivity index (χ2n) is 5.30. The summed E-state index contributed by atoms with van der Waals surface area (Å²) in [5.41, 5.74) is 0. The summed E-state index contributed by atoms with van der Waals surface area (Å²) in [5.74, 6) is 0.557. The first-order valence-corrected chi connectivity index (χ1v) is 7.19. The van der Waals surface area contributed by atoms with Crippen LogP contribution in [-0.4, -0.2) is 46.0 Å². The highest BCUT2D eigenvalue weighted by atomic mass is 16.3. The third kappa shape index (κ3) is 4.42. The molecule has 0 unspecified atom stereocenters. The van der Waals surface area contributed by atoms with Crippen LogP contribution in [0.2, 0.25) is 0 Å². The summed E-state index contributed by atoms with van der Waals surface area (Å²) in [4.78, 5) is 2.54. The van der Waals surface area contributed by atoms with Crippen molar-refractivity contribution in [1.82, 2.24) is 14.7 Å². The molecular formula is C14H25N3O. The van der Waals surface area contributed by atoms with Gasteiger partial charge in [0.2, 0.25) is 0 Å². The van der Waals surface area contributed by atoms with Crippen LogP contribution in [0.4, 0.5) is 0 Å². The number of likely N-dealkylation sites (tertiary alicyclic amines) is 1. The first kappa shape index (κ1) is 13.6. The van der Waals surface area contributed by atoms with Crippen molar-refractivity contribution in [2.24, 2.45) is 5.92 Å². The molecule has 0 atom stereocenters. The van der Waals surface area contributed by atoms with Crippen molar-refractivity contribution in [3.63, 3.8) is 0 Å². The molecule has 0 bridgehead atoms. The van der Waals surface area contributed by atoms with E-state index >= 15 is 0 Å². The number of aliphatic hydroxyl groups excluding tert-OH is 1. The lowest BCUT2D eigenvalue weighted by Gasteiger charge is -2.30. The summed E-state index contributed by atoms with van der Waals surface area (Å²) in [6.07, 6.45) is 9.98. The van der Waals surface area contributed by atoms with E-state index in [0.29, 0.717) is 12.5 Å². The van der Waals surface area contributed by atoms with Crippen molar-refractivity contribution in [2.45, 2.75) is 38.6 Å². The van der Waals surface area contributed by atoms with Crippen LogP contribution >= 0.6 is 0 Å². The zero-order valence-electron chi connectivity index (χ0n) is 11.2. The first-order valence-electron chi connectivity index (χ1n) is 7.19. The number of unbranched alkanes of at least 4 members (excludes halogenated alkanes) is 2. The molecule has 102 valence electrons. The van der Waals surface area contributed by atoms with Crippen molar-refractivity contribution in [3.8, 4) is 0 Å². The molecule has 18 heavy (non-hydrogen) atoms. The average molecular weight is 251 g/mol. The van der Waals surface area contributed by atoms with E-state index in [9.17, 15) is 0 Å². The fourth-order valence-electron chi connectivity index (χ4n) is 2.61. The van der Waals surface area contributed by atoms with Gasteiger partial charge in [0.1, 0.15) is 0 Å². The number of hydrogen-bond acceptors (Lipinski definition) is 3. The van der Waals surface area contributed by atoms with Crippen LogP contribution in [0.15, 0.2) is 18.5 Å². The van der Waals surface area contributed by atoms with Gasteiger partial charge in [0.15, 0.2) is 0 Å². The highest BCUT2D eigenvalue weighted by Crippen LogP contribution is 2.16. The molecule has 0 spiro atoms. The number of aryl methyl sites for hydroxylation is 1. The monoisotopic (exact) mass is 251 g/mol.